The van der Waals surface area contributed by atoms with Crippen LogP contribution < -0.4 is 5.48 Å². The second-order valence-corrected chi connectivity index (χ2v) is 2.98. The molecular weight excluding hydrogens is 166 g/mol. The Balaban J connectivity index is 2.32. The van der Waals surface area contributed by atoms with Crippen LogP contribution in [-0.2, 0) is 11.3 Å². The average molecular weight is 181 g/mol. The molecule has 1 rings (SSSR count). The van der Waals surface area contributed by atoms with Gasteiger partial charge in [0.05, 0.1) is 0 Å². The Morgan fingerprint density at radius 2 is 2.08 bits per heavy atom. The Morgan fingerprint density at radius 1 is 1.38 bits per heavy atom. The summed E-state index contributed by atoms with van der Waals surface area (Å²) >= 11 is 0. The summed E-state index contributed by atoms with van der Waals surface area (Å²) in [6.07, 6.45) is 0.890. The van der Waals surface area contributed by atoms with Gasteiger partial charge in [-0.25, -0.2) is 0 Å². The monoisotopic (exact) mass is 181 g/mol. The molecule has 0 aliphatic rings. The summed E-state index contributed by atoms with van der Waals surface area (Å²) in [6, 6.07) is 10.3. The number of aliphatic hydroxyl groups excluding tert-OH is 1. The molecule has 0 saturated carbocycles. The van der Waals surface area contributed by atoms with Crippen LogP contribution in [0.4, 0.5) is 0 Å². The van der Waals surface area contributed by atoms with Crippen LogP contribution in [0.3, 0.4) is 0 Å². The molecule has 3 heteroatoms. The number of aliphatic hydroxyl groups is 1. The van der Waals surface area contributed by atoms with Crippen LogP contribution in [0.2, 0.25) is 0 Å². The molecular formula is C10H15NO2. The zero-order valence-electron chi connectivity index (χ0n) is 7.73. The molecule has 0 aromatic heterocycles. The molecule has 0 heterocycles. The van der Waals surface area contributed by atoms with E-state index in [1.807, 2.05) is 25.1 Å². The normalized spacial score (nSPS) is 12.8. The summed E-state index contributed by atoms with van der Waals surface area (Å²) in [5.41, 5.74) is 3.98. The van der Waals surface area contributed by atoms with E-state index in [1.54, 1.807) is 0 Å². The van der Waals surface area contributed by atoms with Crippen molar-refractivity contribution >= 4 is 0 Å². The maximum Gasteiger partial charge on any atom is 0.163 e. The SMILES string of the molecule is CC(Cc1ccccc1)NOCO. The Kier molecular flexibility index (Phi) is 4.46. The molecule has 0 radical (unpaired) electrons. The molecule has 72 valence electrons. The van der Waals surface area contributed by atoms with Crippen molar-refractivity contribution in [3.8, 4) is 0 Å². The molecule has 3 nitrogen and oxygen atoms in total. The van der Waals surface area contributed by atoms with E-state index in [0.717, 1.165) is 6.42 Å². The third kappa shape index (κ3) is 4.03. The third-order valence-electron chi connectivity index (χ3n) is 1.73. The predicted octanol–water partition coefficient (Wildman–Crippen LogP) is 1.09. The second kappa shape index (κ2) is 5.70. The maximum atomic E-state index is 8.40. The fourth-order valence-electron chi connectivity index (χ4n) is 1.19. The van der Waals surface area contributed by atoms with E-state index in [0.29, 0.717) is 0 Å². The van der Waals surface area contributed by atoms with E-state index in [2.05, 4.69) is 22.5 Å². The van der Waals surface area contributed by atoms with Gasteiger partial charge >= 0.3 is 0 Å². The van der Waals surface area contributed by atoms with Crippen LogP contribution in [0.25, 0.3) is 0 Å². The minimum atomic E-state index is -0.293. The Bertz CT molecular complexity index is 226. The Morgan fingerprint density at radius 3 is 2.69 bits per heavy atom. The highest BCUT2D eigenvalue weighted by Gasteiger charge is 2.01. The van der Waals surface area contributed by atoms with Gasteiger partial charge < -0.3 is 5.11 Å². The van der Waals surface area contributed by atoms with E-state index >= 15 is 0 Å². The van der Waals surface area contributed by atoms with Gasteiger partial charge in [0.2, 0.25) is 0 Å². The van der Waals surface area contributed by atoms with E-state index in [9.17, 15) is 0 Å². The highest BCUT2D eigenvalue weighted by Crippen LogP contribution is 2.02. The lowest BCUT2D eigenvalue weighted by molar-refractivity contribution is -0.0730. The van der Waals surface area contributed by atoms with Crippen molar-refractivity contribution in [2.45, 2.75) is 19.4 Å². The smallest absolute Gasteiger partial charge is 0.163 e. The van der Waals surface area contributed by atoms with E-state index < -0.39 is 0 Å². The number of nitrogens with one attached hydrogen (secondary N) is 1. The predicted molar refractivity (Wildman–Crippen MR) is 50.9 cm³/mol. The lowest BCUT2D eigenvalue weighted by Crippen LogP contribution is -2.28. The van der Waals surface area contributed by atoms with Crippen molar-refractivity contribution in [2.24, 2.45) is 0 Å². The number of benzene rings is 1. The number of hydroxylamine groups is 1. The summed E-state index contributed by atoms with van der Waals surface area (Å²) in [7, 11) is 0. The molecule has 0 spiro atoms. The van der Waals surface area contributed by atoms with Crippen LogP contribution in [0.15, 0.2) is 30.3 Å². The molecule has 0 aliphatic heterocycles. The Hall–Kier alpha value is -0.900. The molecule has 0 amide bonds. The second-order valence-electron chi connectivity index (χ2n) is 2.98. The standard InChI is InChI=1S/C10H15NO2/c1-9(11-13-8-12)7-10-5-3-2-4-6-10/h2-6,9,11-12H,7-8H2,1H3. The first-order valence-corrected chi connectivity index (χ1v) is 4.35. The van der Waals surface area contributed by atoms with Crippen LogP contribution in [0.5, 0.6) is 0 Å². The maximum absolute atomic E-state index is 8.40. The lowest BCUT2D eigenvalue weighted by atomic mass is 10.1. The van der Waals surface area contributed by atoms with E-state index in [4.69, 9.17) is 5.11 Å². The van der Waals surface area contributed by atoms with Crippen molar-refractivity contribution in [3.05, 3.63) is 35.9 Å². The number of rotatable bonds is 5. The fraction of sp³-hybridized carbons (Fsp3) is 0.400. The van der Waals surface area contributed by atoms with Crippen molar-refractivity contribution in [1.82, 2.24) is 5.48 Å². The highest BCUT2D eigenvalue weighted by molar-refractivity contribution is 5.15. The molecule has 0 bridgehead atoms. The molecule has 1 atom stereocenters. The fourth-order valence-corrected chi connectivity index (χ4v) is 1.19. The summed E-state index contributed by atoms with van der Waals surface area (Å²) in [6.45, 7) is 1.71. The summed E-state index contributed by atoms with van der Waals surface area (Å²) in [5.74, 6) is 0. The number of hydrogen-bond acceptors (Lipinski definition) is 3. The largest absolute Gasteiger partial charge is 0.369 e. The van der Waals surface area contributed by atoms with Gasteiger partial charge in [0.15, 0.2) is 6.79 Å². The summed E-state index contributed by atoms with van der Waals surface area (Å²) in [4.78, 5) is 4.67. The van der Waals surface area contributed by atoms with Gasteiger partial charge in [-0.05, 0) is 18.9 Å². The zero-order chi connectivity index (χ0) is 9.52. The van der Waals surface area contributed by atoms with Gasteiger partial charge in [-0.3, -0.25) is 4.84 Å². The van der Waals surface area contributed by atoms with Crippen LogP contribution >= 0.6 is 0 Å². The first kappa shape index (κ1) is 10.2. The Labute approximate surface area is 78.3 Å². The third-order valence-corrected chi connectivity index (χ3v) is 1.73. The average Bonchev–Trinajstić information content (AvgIpc) is 2.16. The lowest BCUT2D eigenvalue weighted by Gasteiger charge is -2.11. The zero-order valence-corrected chi connectivity index (χ0v) is 7.73. The first-order chi connectivity index (χ1) is 6.33. The molecule has 0 saturated heterocycles. The molecule has 0 fully saturated rings. The molecule has 1 unspecified atom stereocenters. The molecule has 1 aromatic rings. The van der Waals surface area contributed by atoms with Crippen LogP contribution in [0, 0.1) is 0 Å². The van der Waals surface area contributed by atoms with Crippen LogP contribution in [-0.4, -0.2) is 17.9 Å². The van der Waals surface area contributed by atoms with E-state index in [-0.39, 0.29) is 12.8 Å². The molecule has 13 heavy (non-hydrogen) atoms. The highest BCUT2D eigenvalue weighted by atomic mass is 16.7. The minimum absolute atomic E-state index is 0.203. The molecule has 1 aromatic carbocycles. The minimum Gasteiger partial charge on any atom is -0.369 e. The van der Waals surface area contributed by atoms with Crippen molar-refractivity contribution in [3.63, 3.8) is 0 Å². The van der Waals surface area contributed by atoms with Gasteiger partial charge in [-0.15, -0.1) is 0 Å². The van der Waals surface area contributed by atoms with Gasteiger partial charge in [0.25, 0.3) is 0 Å². The number of hydrogen-bond donors (Lipinski definition) is 2. The van der Waals surface area contributed by atoms with Gasteiger partial charge in [-0.1, -0.05) is 30.3 Å². The van der Waals surface area contributed by atoms with E-state index in [1.165, 1.54) is 5.56 Å². The first-order valence-electron chi connectivity index (χ1n) is 4.35. The molecule has 2 N–H and O–H groups in total. The van der Waals surface area contributed by atoms with Crippen molar-refractivity contribution < 1.29 is 9.94 Å². The topological polar surface area (TPSA) is 41.5 Å². The summed E-state index contributed by atoms with van der Waals surface area (Å²) < 4.78 is 0. The van der Waals surface area contributed by atoms with Gasteiger partial charge in [0.1, 0.15) is 0 Å². The van der Waals surface area contributed by atoms with Gasteiger partial charge in [-0.2, -0.15) is 5.48 Å². The molecule has 0 aliphatic carbocycles. The van der Waals surface area contributed by atoms with Gasteiger partial charge in [0, 0.05) is 6.04 Å². The van der Waals surface area contributed by atoms with Crippen molar-refractivity contribution in [2.75, 3.05) is 6.79 Å². The van der Waals surface area contributed by atoms with Crippen LogP contribution in [0.1, 0.15) is 12.5 Å². The quantitative estimate of drug-likeness (QED) is 0.527. The summed E-state index contributed by atoms with van der Waals surface area (Å²) in [5, 5.41) is 8.40. The van der Waals surface area contributed by atoms with Crippen molar-refractivity contribution in [1.29, 1.82) is 0 Å².